The SMILES string of the molecule is CCOC(=O)C(C)Oc1ccccc1C(O)CC. The van der Waals surface area contributed by atoms with Gasteiger partial charge < -0.3 is 14.6 Å². The molecule has 0 aliphatic heterocycles. The first-order valence-corrected chi connectivity index (χ1v) is 6.20. The first-order chi connectivity index (χ1) is 8.60. The molecule has 2 atom stereocenters. The Morgan fingerprint density at radius 3 is 2.61 bits per heavy atom. The molecule has 1 rings (SSSR count). The largest absolute Gasteiger partial charge is 0.479 e. The first-order valence-electron chi connectivity index (χ1n) is 6.20. The van der Waals surface area contributed by atoms with Crippen molar-refractivity contribution in [3.8, 4) is 5.75 Å². The van der Waals surface area contributed by atoms with E-state index in [9.17, 15) is 9.90 Å². The van der Waals surface area contributed by atoms with Crippen LogP contribution in [0.4, 0.5) is 0 Å². The molecule has 0 saturated carbocycles. The maximum atomic E-state index is 11.5. The summed E-state index contributed by atoms with van der Waals surface area (Å²) in [6.07, 6.45) is -0.681. The zero-order chi connectivity index (χ0) is 13.5. The fraction of sp³-hybridized carbons (Fsp3) is 0.500. The fourth-order valence-corrected chi connectivity index (χ4v) is 1.58. The minimum Gasteiger partial charge on any atom is -0.479 e. The second-order valence-electron chi connectivity index (χ2n) is 3.97. The van der Waals surface area contributed by atoms with Gasteiger partial charge in [0.15, 0.2) is 6.10 Å². The fourth-order valence-electron chi connectivity index (χ4n) is 1.58. The number of aliphatic hydroxyl groups is 1. The van der Waals surface area contributed by atoms with E-state index in [1.54, 1.807) is 32.0 Å². The van der Waals surface area contributed by atoms with Crippen LogP contribution >= 0.6 is 0 Å². The van der Waals surface area contributed by atoms with Crippen molar-refractivity contribution < 1.29 is 19.4 Å². The Balaban J connectivity index is 2.80. The Morgan fingerprint density at radius 1 is 1.33 bits per heavy atom. The number of para-hydroxylation sites is 1. The molecule has 2 unspecified atom stereocenters. The second kappa shape index (κ2) is 7.01. The van der Waals surface area contributed by atoms with E-state index in [-0.39, 0.29) is 0 Å². The first kappa shape index (κ1) is 14.5. The Hall–Kier alpha value is -1.55. The third-order valence-corrected chi connectivity index (χ3v) is 2.59. The van der Waals surface area contributed by atoms with Crippen LogP contribution in [-0.2, 0) is 9.53 Å². The van der Waals surface area contributed by atoms with Crippen LogP contribution in [0, 0.1) is 0 Å². The molecule has 4 heteroatoms. The van der Waals surface area contributed by atoms with E-state index in [1.165, 1.54) is 0 Å². The van der Waals surface area contributed by atoms with Gasteiger partial charge in [0.05, 0.1) is 12.7 Å². The van der Waals surface area contributed by atoms with E-state index in [0.29, 0.717) is 24.3 Å². The number of carbonyl (C=O) groups excluding carboxylic acids is 1. The highest BCUT2D eigenvalue weighted by Crippen LogP contribution is 2.27. The average molecular weight is 252 g/mol. The highest BCUT2D eigenvalue weighted by atomic mass is 16.6. The van der Waals surface area contributed by atoms with Crippen LogP contribution in [0.2, 0.25) is 0 Å². The van der Waals surface area contributed by atoms with Crippen molar-refractivity contribution in [2.24, 2.45) is 0 Å². The minimum absolute atomic E-state index is 0.325. The summed E-state index contributed by atoms with van der Waals surface area (Å²) in [5.41, 5.74) is 0.691. The van der Waals surface area contributed by atoms with Crippen LogP contribution < -0.4 is 4.74 Å². The summed E-state index contributed by atoms with van der Waals surface area (Å²) in [4.78, 5) is 11.5. The molecular weight excluding hydrogens is 232 g/mol. The molecule has 1 aromatic carbocycles. The molecule has 0 bridgehead atoms. The van der Waals surface area contributed by atoms with Crippen molar-refractivity contribution in [3.05, 3.63) is 29.8 Å². The summed E-state index contributed by atoms with van der Waals surface area (Å²) < 4.78 is 10.4. The monoisotopic (exact) mass is 252 g/mol. The van der Waals surface area contributed by atoms with Gasteiger partial charge in [0, 0.05) is 5.56 Å². The zero-order valence-corrected chi connectivity index (χ0v) is 11.1. The quantitative estimate of drug-likeness (QED) is 0.790. The molecule has 100 valence electrons. The molecule has 18 heavy (non-hydrogen) atoms. The van der Waals surface area contributed by atoms with Crippen LogP contribution in [-0.4, -0.2) is 23.8 Å². The zero-order valence-electron chi connectivity index (χ0n) is 11.1. The van der Waals surface area contributed by atoms with E-state index in [4.69, 9.17) is 9.47 Å². The molecule has 1 aromatic rings. The van der Waals surface area contributed by atoms with Gasteiger partial charge in [-0.25, -0.2) is 4.79 Å². The lowest BCUT2D eigenvalue weighted by atomic mass is 10.1. The number of hydrogen-bond donors (Lipinski definition) is 1. The number of ether oxygens (including phenoxy) is 2. The molecule has 0 aliphatic rings. The molecule has 0 heterocycles. The van der Waals surface area contributed by atoms with E-state index >= 15 is 0 Å². The third-order valence-electron chi connectivity index (χ3n) is 2.59. The normalized spacial score (nSPS) is 13.8. The van der Waals surface area contributed by atoms with Gasteiger partial charge in [-0.1, -0.05) is 25.1 Å². The number of esters is 1. The second-order valence-corrected chi connectivity index (χ2v) is 3.97. The Bertz CT molecular complexity index is 389. The molecule has 0 fully saturated rings. The van der Waals surface area contributed by atoms with Crippen LogP contribution in [0.25, 0.3) is 0 Å². The highest BCUT2D eigenvalue weighted by Gasteiger charge is 2.19. The van der Waals surface area contributed by atoms with Crippen LogP contribution in [0.15, 0.2) is 24.3 Å². The van der Waals surface area contributed by atoms with Crippen LogP contribution in [0.3, 0.4) is 0 Å². The summed E-state index contributed by atoms with van der Waals surface area (Å²) in [5, 5.41) is 9.87. The minimum atomic E-state index is -0.685. The highest BCUT2D eigenvalue weighted by molar-refractivity contribution is 5.74. The third kappa shape index (κ3) is 3.74. The predicted molar refractivity (Wildman–Crippen MR) is 68.4 cm³/mol. The lowest BCUT2D eigenvalue weighted by molar-refractivity contribution is -0.150. The molecule has 0 amide bonds. The molecule has 0 radical (unpaired) electrons. The predicted octanol–water partition coefficient (Wildman–Crippen LogP) is 2.46. The van der Waals surface area contributed by atoms with E-state index in [2.05, 4.69) is 0 Å². The number of hydrogen-bond acceptors (Lipinski definition) is 4. The van der Waals surface area contributed by atoms with Crippen molar-refractivity contribution in [1.82, 2.24) is 0 Å². The maximum absolute atomic E-state index is 11.5. The topological polar surface area (TPSA) is 55.8 Å². The average Bonchev–Trinajstić information content (AvgIpc) is 2.38. The number of carbonyl (C=O) groups is 1. The van der Waals surface area contributed by atoms with Crippen molar-refractivity contribution in [1.29, 1.82) is 0 Å². The molecule has 0 spiro atoms. The van der Waals surface area contributed by atoms with Gasteiger partial charge in [-0.05, 0) is 26.3 Å². The van der Waals surface area contributed by atoms with Gasteiger partial charge in [-0.3, -0.25) is 0 Å². The summed E-state index contributed by atoms with van der Waals surface area (Å²) in [5.74, 6) is 0.116. The molecule has 0 aliphatic carbocycles. The summed E-state index contributed by atoms with van der Waals surface area (Å²) in [6, 6.07) is 7.17. The molecule has 0 saturated heterocycles. The lowest BCUT2D eigenvalue weighted by Crippen LogP contribution is -2.26. The maximum Gasteiger partial charge on any atom is 0.347 e. The lowest BCUT2D eigenvalue weighted by Gasteiger charge is -2.18. The van der Waals surface area contributed by atoms with Crippen molar-refractivity contribution >= 4 is 5.97 Å². The van der Waals surface area contributed by atoms with Gasteiger partial charge >= 0.3 is 5.97 Å². The van der Waals surface area contributed by atoms with Crippen LogP contribution in [0.5, 0.6) is 5.75 Å². The van der Waals surface area contributed by atoms with Gasteiger partial charge in [0.25, 0.3) is 0 Å². The van der Waals surface area contributed by atoms with Crippen molar-refractivity contribution in [3.63, 3.8) is 0 Å². The van der Waals surface area contributed by atoms with E-state index in [0.717, 1.165) is 0 Å². The van der Waals surface area contributed by atoms with Gasteiger partial charge in [0.1, 0.15) is 5.75 Å². The summed E-state index contributed by atoms with van der Waals surface area (Å²) in [6.45, 7) is 5.59. The standard InChI is InChI=1S/C14H20O4/c1-4-12(15)11-8-6-7-9-13(11)18-10(3)14(16)17-5-2/h6-10,12,15H,4-5H2,1-3H3. The smallest absolute Gasteiger partial charge is 0.347 e. The van der Waals surface area contributed by atoms with E-state index < -0.39 is 18.2 Å². The number of aliphatic hydroxyl groups excluding tert-OH is 1. The Morgan fingerprint density at radius 2 is 2.00 bits per heavy atom. The Kier molecular flexibility index (Phi) is 5.65. The van der Waals surface area contributed by atoms with Gasteiger partial charge in [-0.15, -0.1) is 0 Å². The molecular formula is C14H20O4. The van der Waals surface area contributed by atoms with E-state index in [1.807, 2.05) is 13.0 Å². The Labute approximate surface area is 108 Å². The summed E-state index contributed by atoms with van der Waals surface area (Å²) >= 11 is 0. The van der Waals surface area contributed by atoms with Crippen molar-refractivity contribution in [2.45, 2.75) is 39.4 Å². The van der Waals surface area contributed by atoms with Crippen molar-refractivity contribution in [2.75, 3.05) is 6.61 Å². The molecule has 4 nitrogen and oxygen atoms in total. The van der Waals surface area contributed by atoms with Gasteiger partial charge in [0.2, 0.25) is 0 Å². The summed E-state index contributed by atoms with van der Waals surface area (Å²) in [7, 11) is 0. The molecule has 1 N–H and O–H groups in total. The number of benzene rings is 1. The number of rotatable bonds is 6. The van der Waals surface area contributed by atoms with Gasteiger partial charge in [-0.2, -0.15) is 0 Å². The molecule has 0 aromatic heterocycles. The van der Waals surface area contributed by atoms with Crippen LogP contribution in [0.1, 0.15) is 38.9 Å².